The number of carbonyl (C=O) groups excluding carboxylic acids is 3. The van der Waals surface area contributed by atoms with Gasteiger partial charge in [0.1, 0.15) is 11.8 Å². The molecule has 1 aliphatic heterocycles. The molecule has 25 heavy (non-hydrogen) atoms. The molecule has 1 aromatic rings. The zero-order valence-corrected chi connectivity index (χ0v) is 15.4. The topological polar surface area (TPSA) is 81.7 Å². The highest BCUT2D eigenvalue weighted by atomic mass is 32.2. The first kappa shape index (κ1) is 19.5. The molecule has 1 saturated heterocycles. The molecule has 0 bridgehead atoms. The van der Waals surface area contributed by atoms with Gasteiger partial charge in [0, 0.05) is 25.1 Å². The van der Waals surface area contributed by atoms with Gasteiger partial charge in [-0.1, -0.05) is 36.9 Å². The van der Waals surface area contributed by atoms with E-state index < -0.39 is 23.9 Å². The molecule has 0 radical (unpaired) electrons. The van der Waals surface area contributed by atoms with Crippen molar-refractivity contribution in [3.05, 3.63) is 29.8 Å². The summed E-state index contributed by atoms with van der Waals surface area (Å²) in [6.45, 7) is 3.70. The van der Waals surface area contributed by atoms with Crippen LogP contribution in [0.25, 0.3) is 0 Å². The van der Waals surface area contributed by atoms with Crippen molar-refractivity contribution in [3.63, 3.8) is 0 Å². The third-order valence-corrected chi connectivity index (χ3v) is 5.21. The van der Waals surface area contributed by atoms with Gasteiger partial charge < -0.3 is 14.8 Å². The first-order valence-corrected chi connectivity index (χ1v) is 9.16. The number of benzene rings is 1. The Morgan fingerprint density at radius 3 is 2.72 bits per heavy atom. The third kappa shape index (κ3) is 5.31. The summed E-state index contributed by atoms with van der Waals surface area (Å²) in [7, 11) is 1.62. The van der Waals surface area contributed by atoms with Gasteiger partial charge in [0.05, 0.1) is 13.0 Å². The Morgan fingerprint density at radius 1 is 1.32 bits per heavy atom. The summed E-state index contributed by atoms with van der Waals surface area (Å²) in [6, 6.07) is 7.17. The van der Waals surface area contributed by atoms with Crippen LogP contribution in [0.3, 0.4) is 0 Å². The standard InChI is InChI=1S/C18H23NO5S/c1-11(10-25-12(2)20)17(21)24-18(22)15-8-13(9-19-15)14-6-4-5-7-16(14)23-3/h4-7,11,13,15,19H,8-10H2,1-3H3/t11?,13?,15-/m0/s1. The predicted molar refractivity (Wildman–Crippen MR) is 95.5 cm³/mol. The fraction of sp³-hybridized carbons (Fsp3) is 0.500. The minimum absolute atomic E-state index is 0.0666. The highest BCUT2D eigenvalue weighted by Gasteiger charge is 2.34. The fourth-order valence-electron chi connectivity index (χ4n) is 2.74. The average molecular weight is 365 g/mol. The van der Waals surface area contributed by atoms with E-state index in [-0.39, 0.29) is 11.0 Å². The summed E-state index contributed by atoms with van der Waals surface area (Å²) >= 11 is 1.05. The van der Waals surface area contributed by atoms with Crippen LogP contribution in [0.5, 0.6) is 5.75 Å². The second kappa shape index (κ2) is 9.01. The van der Waals surface area contributed by atoms with Gasteiger partial charge >= 0.3 is 11.9 Å². The van der Waals surface area contributed by atoms with Gasteiger partial charge in [0.2, 0.25) is 0 Å². The number of methoxy groups -OCH3 is 1. The second-order valence-corrected chi connectivity index (χ2v) is 7.28. The van der Waals surface area contributed by atoms with Gasteiger partial charge in [-0.3, -0.25) is 9.59 Å². The van der Waals surface area contributed by atoms with Gasteiger partial charge in [-0.15, -0.1) is 0 Å². The Kier molecular flexibility index (Phi) is 7.01. The lowest BCUT2D eigenvalue weighted by atomic mass is 9.95. The van der Waals surface area contributed by atoms with Crippen molar-refractivity contribution >= 4 is 28.8 Å². The molecule has 136 valence electrons. The van der Waals surface area contributed by atoms with Crippen molar-refractivity contribution in [3.8, 4) is 5.75 Å². The Morgan fingerprint density at radius 2 is 2.04 bits per heavy atom. The van der Waals surface area contributed by atoms with E-state index in [0.717, 1.165) is 23.1 Å². The molecule has 3 atom stereocenters. The van der Waals surface area contributed by atoms with Gasteiger partial charge in [-0.25, -0.2) is 4.79 Å². The monoisotopic (exact) mass is 365 g/mol. The lowest BCUT2D eigenvalue weighted by Crippen LogP contribution is -2.35. The number of esters is 2. The summed E-state index contributed by atoms with van der Waals surface area (Å²) in [5.41, 5.74) is 1.03. The van der Waals surface area contributed by atoms with Crippen molar-refractivity contribution in [1.29, 1.82) is 0 Å². The zero-order chi connectivity index (χ0) is 18.4. The van der Waals surface area contributed by atoms with Crippen molar-refractivity contribution in [2.24, 2.45) is 5.92 Å². The number of nitrogens with one attached hydrogen (secondary N) is 1. The SMILES string of the molecule is COc1ccccc1C1CN[C@H](C(=O)OC(=O)C(C)CSC(C)=O)C1. The van der Waals surface area contributed by atoms with Crippen LogP contribution in [0.4, 0.5) is 0 Å². The van der Waals surface area contributed by atoms with E-state index in [1.165, 1.54) is 6.92 Å². The van der Waals surface area contributed by atoms with Crippen LogP contribution in [0.2, 0.25) is 0 Å². The summed E-state index contributed by atoms with van der Waals surface area (Å²) in [6.07, 6.45) is 0.545. The molecule has 1 N–H and O–H groups in total. The van der Waals surface area contributed by atoms with Crippen molar-refractivity contribution < 1.29 is 23.9 Å². The highest BCUT2D eigenvalue weighted by molar-refractivity contribution is 8.13. The van der Waals surface area contributed by atoms with Crippen LogP contribution in [-0.2, 0) is 19.1 Å². The molecular weight excluding hydrogens is 342 g/mol. The first-order chi connectivity index (χ1) is 11.9. The minimum Gasteiger partial charge on any atom is -0.496 e. The molecule has 1 aromatic carbocycles. The minimum atomic E-state index is -0.596. The lowest BCUT2D eigenvalue weighted by molar-refractivity contribution is -0.163. The third-order valence-electron chi connectivity index (χ3n) is 4.13. The quantitative estimate of drug-likeness (QED) is 0.611. The van der Waals surface area contributed by atoms with E-state index in [1.54, 1.807) is 14.0 Å². The average Bonchev–Trinajstić information content (AvgIpc) is 3.09. The van der Waals surface area contributed by atoms with Crippen LogP contribution in [0.15, 0.2) is 24.3 Å². The van der Waals surface area contributed by atoms with Crippen LogP contribution in [0, 0.1) is 5.92 Å². The van der Waals surface area contributed by atoms with Gasteiger partial charge in [0.15, 0.2) is 5.12 Å². The number of hydrogen-bond donors (Lipinski definition) is 1. The van der Waals surface area contributed by atoms with Gasteiger partial charge in [-0.05, 0) is 18.1 Å². The number of carbonyl (C=O) groups is 3. The van der Waals surface area contributed by atoms with Crippen molar-refractivity contribution in [2.75, 3.05) is 19.4 Å². The largest absolute Gasteiger partial charge is 0.496 e. The Bertz CT molecular complexity index is 648. The summed E-state index contributed by atoms with van der Waals surface area (Å²) in [4.78, 5) is 35.1. The van der Waals surface area contributed by atoms with E-state index >= 15 is 0 Å². The number of hydrogen-bond acceptors (Lipinski definition) is 7. The molecule has 2 unspecified atom stereocenters. The molecule has 2 rings (SSSR count). The Labute approximate surface area is 151 Å². The number of rotatable bonds is 6. The van der Waals surface area contributed by atoms with Crippen LogP contribution < -0.4 is 10.1 Å². The van der Waals surface area contributed by atoms with E-state index in [0.29, 0.717) is 18.7 Å². The van der Waals surface area contributed by atoms with Crippen molar-refractivity contribution in [1.82, 2.24) is 5.32 Å². The summed E-state index contributed by atoms with van der Waals surface area (Å²) < 4.78 is 10.3. The molecular formula is C18H23NO5S. The maximum atomic E-state index is 12.2. The maximum absolute atomic E-state index is 12.2. The number of ether oxygens (including phenoxy) is 2. The zero-order valence-electron chi connectivity index (χ0n) is 14.6. The van der Waals surface area contributed by atoms with E-state index in [2.05, 4.69) is 5.32 Å². The molecule has 0 saturated carbocycles. The maximum Gasteiger partial charge on any atom is 0.330 e. The normalized spacial score (nSPS) is 20.8. The van der Waals surface area contributed by atoms with E-state index in [9.17, 15) is 14.4 Å². The molecule has 1 heterocycles. The lowest BCUT2D eigenvalue weighted by Gasteiger charge is -2.14. The van der Waals surface area contributed by atoms with Crippen LogP contribution >= 0.6 is 11.8 Å². The predicted octanol–water partition coefficient (Wildman–Crippen LogP) is 2.13. The molecule has 1 fully saturated rings. The smallest absolute Gasteiger partial charge is 0.330 e. The molecule has 0 aliphatic carbocycles. The molecule has 0 spiro atoms. The molecule has 1 aliphatic rings. The number of para-hydroxylation sites is 1. The van der Waals surface area contributed by atoms with Crippen LogP contribution in [0.1, 0.15) is 31.7 Å². The fourth-order valence-corrected chi connectivity index (χ4v) is 3.36. The van der Waals surface area contributed by atoms with Gasteiger partial charge in [-0.2, -0.15) is 0 Å². The molecule has 6 nitrogen and oxygen atoms in total. The number of thioether (sulfide) groups is 1. The summed E-state index contributed by atoms with van der Waals surface area (Å²) in [5.74, 6) is -0.458. The van der Waals surface area contributed by atoms with E-state index in [4.69, 9.17) is 9.47 Å². The first-order valence-electron chi connectivity index (χ1n) is 8.17. The Hall–Kier alpha value is -1.86. The second-order valence-electron chi connectivity index (χ2n) is 6.08. The van der Waals surface area contributed by atoms with E-state index in [1.807, 2.05) is 24.3 Å². The highest BCUT2D eigenvalue weighted by Crippen LogP contribution is 2.32. The van der Waals surface area contributed by atoms with Gasteiger partial charge in [0.25, 0.3) is 0 Å². The van der Waals surface area contributed by atoms with Crippen LogP contribution in [-0.4, -0.2) is 42.5 Å². The molecule has 0 aromatic heterocycles. The Balaban J connectivity index is 1.89. The summed E-state index contributed by atoms with van der Waals surface area (Å²) in [5, 5.41) is 3.04. The van der Waals surface area contributed by atoms with Crippen molar-refractivity contribution in [2.45, 2.75) is 32.2 Å². The molecule has 7 heteroatoms. The molecule has 0 amide bonds.